The molecule has 11 nitrogen and oxygen atoms in total. The second-order valence-electron chi connectivity index (χ2n) is 12.2. The summed E-state index contributed by atoms with van der Waals surface area (Å²) in [5.74, 6) is 2.19. The van der Waals surface area contributed by atoms with E-state index < -0.39 is 72.1 Å². The Hall–Kier alpha value is -2.86. The molecule has 2 unspecified atom stereocenters. The summed E-state index contributed by atoms with van der Waals surface area (Å²) >= 11 is 8.12. The standard InChI is InChI=1S/C33H39ClO11S/c1-33(2)29(40)18(9-5-3-4-6-12-23(36)44-32-27(39)25(37)26(38)28(45-32)31(42)43)19(30(33)41)15-13-17(35)14-16-22-24(34)20-10-7-8-11-21(20)46-22/h7-8,10-11,13,15,17-19,25-28,30,32,35,37-39,41H,4,6,9,12,14,16H2,1-2H3,(H,42,43)/t17?,18-,19-,25+,26+,27-,28+,30+,32?/m1/s1. The maximum absolute atomic E-state index is 13.2. The first kappa shape index (κ1) is 36.0. The number of ketones is 1. The van der Waals surface area contributed by atoms with Crippen molar-refractivity contribution in [1.29, 1.82) is 0 Å². The van der Waals surface area contributed by atoms with Gasteiger partial charge in [0.1, 0.15) is 24.1 Å². The number of fused-ring (bicyclic) bond motifs is 1. The molecule has 0 radical (unpaired) electrons. The lowest BCUT2D eigenvalue weighted by atomic mass is 9.86. The Balaban J connectivity index is 1.27. The van der Waals surface area contributed by atoms with Gasteiger partial charge in [-0.25, -0.2) is 4.79 Å². The van der Waals surface area contributed by atoms with Crippen LogP contribution < -0.4 is 0 Å². The van der Waals surface area contributed by atoms with Crippen LogP contribution in [-0.2, 0) is 30.3 Å². The molecule has 9 atom stereocenters. The largest absolute Gasteiger partial charge is 0.479 e. The summed E-state index contributed by atoms with van der Waals surface area (Å²) in [5.41, 5.74) is -0.990. The van der Waals surface area contributed by atoms with E-state index in [1.54, 1.807) is 37.3 Å². The van der Waals surface area contributed by atoms with E-state index in [2.05, 4.69) is 11.8 Å². The fourth-order valence-corrected chi connectivity index (χ4v) is 7.30. The number of carboxylic acids is 1. The number of esters is 1. The number of aliphatic carboxylic acids is 1. The van der Waals surface area contributed by atoms with Gasteiger partial charge in [0.15, 0.2) is 6.10 Å². The molecule has 1 saturated carbocycles. The first-order chi connectivity index (χ1) is 21.7. The zero-order valence-electron chi connectivity index (χ0n) is 25.4. The van der Waals surface area contributed by atoms with Crippen LogP contribution in [0.4, 0.5) is 0 Å². The highest BCUT2D eigenvalue weighted by molar-refractivity contribution is 7.19. The molecule has 4 rings (SSSR count). The van der Waals surface area contributed by atoms with Crippen molar-refractivity contribution in [2.24, 2.45) is 17.3 Å². The number of hydrogen-bond donors (Lipinski definition) is 6. The molecule has 2 fully saturated rings. The molecule has 13 heteroatoms. The van der Waals surface area contributed by atoms with E-state index in [9.17, 15) is 39.9 Å². The topological polar surface area (TPSA) is 191 Å². The maximum Gasteiger partial charge on any atom is 0.335 e. The van der Waals surface area contributed by atoms with Crippen molar-refractivity contribution in [3.05, 3.63) is 46.3 Å². The number of unbranched alkanes of at least 4 members (excludes halogenated alkanes) is 1. The van der Waals surface area contributed by atoms with Gasteiger partial charge in [0.2, 0.25) is 6.29 Å². The van der Waals surface area contributed by atoms with Crippen LogP contribution in [0.5, 0.6) is 0 Å². The van der Waals surface area contributed by atoms with Gasteiger partial charge in [0.25, 0.3) is 0 Å². The predicted octanol–water partition coefficient (Wildman–Crippen LogP) is 2.61. The number of aliphatic hydroxyl groups is 5. The second kappa shape index (κ2) is 15.4. The van der Waals surface area contributed by atoms with Gasteiger partial charge in [-0.3, -0.25) is 9.59 Å². The fourth-order valence-electron chi connectivity index (χ4n) is 5.75. The van der Waals surface area contributed by atoms with Crippen LogP contribution in [0.25, 0.3) is 10.1 Å². The summed E-state index contributed by atoms with van der Waals surface area (Å²) in [7, 11) is 0. The molecule has 46 heavy (non-hydrogen) atoms. The zero-order chi connectivity index (χ0) is 33.8. The number of halogens is 1. The van der Waals surface area contributed by atoms with E-state index in [4.69, 9.17) is 26.2 Å². The number of carbonyl (C=O) groups is 3. The molecule has 0 spiro atoms. The lowest BCUT2D eigenvalue weighted by Gasteiger charge is -2.37. The Kier molecular flexibility index (Phi) is 12.0. The first-order valence-corrected chi connectivity index (χ1v) is 16.3. The smallest absolute Gasteiger partial charge is 0.335 e. The van der Waals surface area contributed by atoms with Crippen molar-refractivity contribution in [3.63, 3.8) is 0 Å². The molecule has 1 aliphatic carbocycles. The van der Waals surface area contributed by atoms with Gasteiger partial charge in [-0.15, -0.1) is 23.2 Å². The van der Waals surface area contributed by atoms with E-state index in [0.717, 1.165) is 15.0 Å². The number of ether oxygens (including phenoxy) is 2. The van der Waals surface area contributed by atoms with Gasteiger partial charge in [-0.05, 0) is 25.3 Å². The Morgan fingerprint density at radius 2 is 1.85 bits per heavy atom. The van der Waals surface area contributed by atoms with Crippen LogP contribution >= 0.6 is 22.9 Å². The van der Waals surface area contributed by atoms with Crippen LogP contribution in [0.15, 0.2) is 36.4 Å². The van der Waals surface area contributed by atoms with Gasteiger partial charge in [-0.1, -0.05) is 55.8 Å². The lowest BCUT2D eigenvalue weighted by molar-refractivity contribution is -0.286. The normalized spacial score (nSPS) is 29.9. The molecule has 1 aromatic heterocycles. The number of carbonyl (C=O) groups excluding carboxylic acids is 2. The number of hydrogen-bond acceptors (Lipinski definition) is 11. The number of thiophene rings is 1. The summed E-state index contributed by atoms with van der Waals surface area (Å²) in [6, 6.07) is 7.84. The van der Waals surface area contributed by atoms with Gasteiger partial charge < -0.3 is 40.1 Å². The first-order valence-electron chi connectivity index (χ1n) is 15.1. The molecule has 1 aromatic carbocycles. The van der Waals surface area contributed by atoms with Crippen LogP contribution in [0, 0.1) is 29.1 Å². The van der Waals surface area contributed by atoms with Gasteiger partial charge in [0.05, 0.1) is 22.6 Å². The minimum absolute atomic E-state index is 0.128. The molecule has 0 amide bonds. The van der Waals surface area contributed by atoms with Crippen molar-refractivity contribution in [2.45, 2.75) is 95.3 Å². The SMILES string of the molecule is CC1(C)C(=O)[C@H](CC#CCCCC(=O)OC2O[C@H](C(=O)O)[C@@H](O)[C@H](O)[C@H]2O)[C@@H](C=CC(O)CCc2sc3ccccc3c2Cl)[C@@H]1O. The molecule has 250 valence electrons. The van der Waals surface area contributed by atoms with E-state index in [1.807, 2.05) is 24.3 Å². The van der Waals surface area contributed by atoms with Gasteiger partial charge >= 0.3 is 11.9 Å². The Labute approximate surface area is 275 Å². The summed E-state index contributed by atoms with van der Waals surface area (Å²) in [6.45, 7) is 3.37. The van der Waals surface area contributed by atoms with E-state index in [1.165, 1.54) is 0 Å². The van der Waals surface area contributed by atoms with Gasteiger partial charge in [-0.2, -0.15) is 0 Å². The fraction of sp³-hybridized carbons (Fsp3) is 0.545. The summed E-state index contributed by atoms with van der Waals surface area (Å²) < 4.78 is 11.0. The quantitative estimate of drug-likeness (QED) is 0.0886. The summed E-state index contributed by atoms with van der Waals surface area (Å²) in [5, 5.41) is 62.0. The van der Waals surface area contributed by atoms with Gasteiger partial charge in [0, 0.05) is 46.1 Å². The van der Waals surface area contributed by atoms with Crippen LogP contribution in [0.3, 0.4) is 0 Å². The van der Waals surface area contributed by atoms with E-state index >= 15 is 0 Å². The van der Waals surface area contributed by atoms with Crippen LogP contribution in [0.2, 0.25) is 5.02 Å². The number of rotatable bonds is 11. The molecule has 1 saturated heterocycles. The van der Waals surface area contributed by atoms with Crippen molar-refractivity contribution in [2.75, 3.05) is 0 Å². The third-order valence-corrected chi connectivity index (χ3v) is 10.3. The summed E-state index contributed by atoms with van der Waals surface area (Å²) in [4.78, 5) is 37.6. The molecule has 2 aromatic rings. The average molecular weight is 679 g/mol. The molecule has 2 aliphatic rings. The number of aliphatic hydroxyl groups excluding tert-OH is 5. The number of carboxylic acid groups (broad SMARTS) is 1. The zero-order valence-corrected chi connectivity index (χ0v) is 27.0. The molecular formula is C33H39ClO11S. The minimum atomic E-state index is -1.89. The molecule has 0 bridgehead atoms. The number of Topliss-reactive ketones (excluding diaryl/α,β-unsaturated/α-hetero) is 1. The molecule has 2 heterocycles. The highest BCUT2D eigenvalue weighted by Gasteiger charge is 2.53. The highest BCUT2D eigenvalue weighted by Crippen LogP contribution is 2.44. The maximum atomic E-state index is 13.2. The monoisotopic (exact) mass is 678 g/mol. The lowest BCUT2D eigenvalue weighted by Crippen LogP contribution is -2.60. The third kappa shape index (κ3) is 7.98. The van der Waals surface area contributed by atoms with E-state index in [0.29, 0.717) is 17.9 Å². The third-order valence-electron chi connectivity index (χ3n) is 8.55. The average Bonchev–Trinajstić information content (AvgIpc) is 3.42. The number of benzene rings is 1. The Morgan fingerprint density at radius 3 is 2.54 bits per heavy atom. The highest BCUT2D eigenvalue weighted by atomic mass is 35.5. The van der Waals surface area contributed by atoms with Crippen molar-refractivity contribution in [1.82, 2.24) is 0 Å². The Bertz CT molecular complexity index is 1510. The predicted molar refractivity (Wildman–Crippen MR) is 169 cm³/mol. The molecule has 1 aliphatic heterocycles. The van der Waals surface area contributed by atoms with Crippen molar-refractivity contribution in [3.8, 4) is 11.8 Å². The minimum Gasteiger partial charge on any atom is -0.479 e. The van der Waals surface area contributed by atoms with E-state index in [-0.39, 0.29) is 31.5 Å². The van der Waals surface area contributed by atoms with Crippen LogP contribution in [0.1, 0.15) is 50.8 Å². The number of aryl methyl sites for hydroxylation is 1. The van der Waals surface area contributed by atoms with Crippen molar-refractivity contribution < 1.29 is 54.5 Å². The Morgan fingerprint density at radius 1 is 1.13 bits per heavy atom. The second-order valence-corrected chi connectivity index (χ2v) is 13.7. The summed E-state index contributed by atoms with van der Waals surface area (Å²) in [6.07, 6.45) is -6.18. The van der Waals surface area contributed by atoms with Crippen LogP contribution in [-0.4, -0.2) is 91.3 Å². The molecule has 6 N–H and O–H groups in total. The van der Waals surface area contributed by atoms with Crippen molar-refractivity contribution >= 4 is 50.7 Å². The molecular weight excluding hydrogens is 640 g/mol.